The molecule has 2 heterocycles. The minimum absolute atomic E-state index is 0.0221. The van der Waals surface area contributed by atoms with Crippen molar-refractivity contribution in [2.24, 2.45) is 11.8 Å². The molecule has 1 amide bonds. The van der Waals surface area contributed by atoms with Crippen LogP contribution in [-0.4, -0.2) is 47.1 Å². The number of likely N-dealkylation sites (tertiary alicyclic amines) is 1. The summed E-state index contributed by atoms with van der Waals surface area (Å²) in [5.41, 5.74) is 0. The second-order valence-electron chi connectivity index (χ2n) is 5.99. The highest BCUT2D eigenvalue weighted by atomic mass is 16.4. The first-order chi connectivity index (χ1) is 9.02. The Morgan fingerprint density at radius 1 is 1.16 bits per heavy atom. The fourth-order valence-corrected chi connectivity index (χ4v) is 3.37. The van der Waals surface area contributed by atoms with Crippen LogP contribution in [0.3, 0.4) is 0 Å². The number of carbonyl (C=O) groups excluding carboxylic acids is 1. The Hall–Kier alpha value is -1.10. The molecule has 2 aliphatic rings. The highest BCUT2D eigenvalue weighted by Gasteiger charge is 2.40. The van der Waals surface area contributed by atoms with Gasteiger partial charge >= 0.3 is 5.97 Å². The molecule has 0 aliphatic carbocycles. The molecular formula is C14H24N2O3. The Morgan fingerprint density at radius 3 is 2.47 bits per heavy atom. The van der Waals surface area contributed by atoms with Gasteiger partial charge in [-0.1, -0.05) is 13.8 Å². The van der Waals surface area contributed by atoms with Crippen molar-refractivity contribution in [3.8, 4) is 0 Å². The van der Waals surface area contributed by atoms with Crippen LogP contribution >= 0.6 is 0 Å². The van der Waals surface area contributed by atoms with Crippen LogP contribution in [0, 0.1) is 11.8 Å². The minimum Gasteiger partial charge on any atom is -0.480 e. The van der Waals surface area contributed by atoms with Gasteiger partial charge in [0, 0.05) is 6.54 Å². The number of hydrogen-bond donors (Lipinski definition) is 2. The molecule has 0 aromatic carbocycles. The van der Waals surface area contributed by atoms with Gasteiger partial charge in [0.2, 0.25) is 5.91 Å². The quantitative estimate of drug-likeness (QED) is 0.786. The molecule has 4 atom stereocenters. The Bertz CT molecular complexity index is 359. The van der Waals surface area contributed by atoms with Crippen LogP contribution in [-0.2, 0) is 9.59 Å². The molecule has 108 valence electrons. The average Bonchev–Trinajstić information content (AvgIpc) is 2.37. The molecule has 0 bridgehead atoms. The number of amides is 1. The summed E-state index contributed by atoms with van der Waals surface area (Å²) in [6.07, 6.45) is 3.90. The summed E-state index contributed by atoms with van der Waals surface area (Å²) in [6.45, 7) is 5.42. The van der Waals surface area contributed by atoms with Crippen molar-refractivity contribution >= 4 is 11.9 Å². The summed E-state index contributed by atoms with van der Waals surface area (Å²) in [5.74, 6) is -0.572. The highest BCUT2D eigenvalue weighted by molar-refractivity contribution is 5.87. The number of carboxylic acid groups (broad SMARTS) is 1. The van der Waals surface area contributed by atoms with Gasteiger partial charge in [0.1, 0.15) is 6.04 Å². The van der Waals surface area contributed by atoms with Crippen molar-refractivity contribution in [3.05, 3.63) is 0 Å². The summed E-state index contributed by atoms with van der Waals surface area (Å²) >= 11 is 0. The van der Waals surface area contributed by atoms with Crippen LogP contribution in [0.2, 0.25) is 0 Å². The maximum atomic E-state index is 12.6. The van der Waals surface area contributed by atoms with Crippen molar-refractivity contribution in [3.63, 3.8) is 0 Å². The zero-order chi connectivity index (χ0) is 14.0. The molecule has 2 rings (SSSR count). The molecule has 4 unspecified atom stereocenters. The number of aliphatic carboxylic acids is 1. The molecule has 5 nitrogen and oxygen atoms in total. The van der Waals surface area contributed by atoms with E-state index >= 15 is 0 Å². The molecule has 19 heavy (non-hydrogen) atoms. The van der Waals surface area contributed by atoms with Gasteiger partial charge in [0.05, 0.1) is 6.04 Å². The zero-order valence-corrected chi connectivity index (χ0v) is 11.8. The highest BCUT2D eigenvalue weighted by Crippen LogP contribution is 2.26. The summed E-state index contributed by atoms with van der Waals surface area (Å²) in [6, 6.07) is -0.863. The molecule has 0 saturated carbocycles. The van der Waals surface area contributed by atoms with Crippen molar-refractivity contribution in [1.29, 1.82) is 0 Å². The van der Waals surface area contributed by atoms with Gasteiger partial charge in [-0.15, -0.1) is 0 Å². The number of nitrogens with zero attached hydrogens (tertiary/aromatic N) is 1. The van der Waals surface area contributed by atoms with Gasteiger partial charge in [-0.3, -0.25) is 4.79 Å². The third-order valence-corrected chi connectivity index (χ3v) is 4.50. The van der Waals surface area contributed by atoms with E-state index in [-0.39, 0.29) is 23.8 Å². The lowest BCUT2D eigenvalue weighted by atomic mass is 9.87. The number of rotatable bonds is 2. The number of carbonyl (C=O) groups is 2. The van der Waals surface area contributed by atoms with E-state index in [1.807, 2.05) is 6.92 Å². The van der Waals surface area contributed by atoms with E-state index in [4.69, 9.17) is 0 Å². The summed E-state index contributed by atoms with van der Waals surface area (Å²) in [7, 11) is 0. The number of piperidine rings is 2. The van der Waals surface area contributed by atoms with E-state index in [2.05, 4.69) is 12.2 Å². The maximum Gasteiger partial charge on any atom is 0.326 e. The summed E-state index contributed by atoms with van der Waals surface area (Å²) < 4.78 is 0. The van der Waals surface area contributed by atoms with Gasteiger partial charge in [-0.25, -0.2) is 4.79 Å². The second-order valence-corrected chi connectivity index (χ2v) is 5.99. The van der Waals surface area contributed by atoms with Crippen LogP contribution in [0.25, 0.3) is 0 Å². The second kappa shape index (κ2) is 5.90. The number of hydrogen-bond acceptors (Lipinski definition) is 3. The van der Waals surface area contributed by atoms with Gasteiger partial charge in [-0.2, -0.15) is 0 Å². The monoisotopic (exact) mass is 268 g/mol. The lowest BCUT2D eigenvalue weighted by Gasteiger charge is -2.41. The molecule has 2 aliphatic heterocycles. The first kappa shape index (κ1) is 14.3. The molecule has 2 fully saturated rings. The fraction of sp³-hybridized carbons (Fsp3) is 0.857. The molecule has 2 N–H and O–H groups in total. The predicted molar refractivity (Wildman–Crippen MR) is 71.7 cm³/mol. The Labute approximate surface area is 114 Å². The third-order valence-electron chi connectivity index (χ3n) is 4.50. The lowest BCUT2D eigenvalue weighted by Crippen LogP contribution is -2.59. The fourth-order valence-electron chi connectivity index (χ4n) is 3.37. The molecule has 5 heteroatoms. The molecule has 0 aromatic heterocycles. The largest absolute Gasteiger partial charge is 0.480 e. The standard InChI is InChI=1S/C14H24N2O3/c1-9-5-3-7-15-11(9)13(17)16-8-4-6-10(2)12(16)14(18)19/h9-12,15H,3-8H2,1-2H3,(H,18,19). The first-order valence-corrected chi connectivity index (χ1v) is 7.29. The van der Waals surface area contributed by atoms with E-state index in [0.29, 0.717) is 6.54 Å². The molecule has 0 radical (unpaired) electrons. The van der Waals surface area contributed by atoms with Crippen LogP contribution in [0.4, 0.5) is 0 Å². The van der Waals surface area contributed by atoms with E-state index < -0.39 is 12.0 Å². The van der Waals surface area contributed by atoms with Gasteiger partial charge in [0.25, 0.3) is 0 Å². The Morgan fingerprint density at radius 2 is 1.84 bits per heavy atom. The van der Waals surface area contributed by atoms with Gasteiger partial charge < -0.3 is 15.3 Å². The Balaban J connectivity index is 2.13. The van der Waals surface area contributed by atoms with Crippen molar-refractivity contribution in [1.82, 2.24) is 10.2 Å². The third kappa shape index (κ3) is 2.91. The predicted octanol–water partition coefficient (Wildman–Crippen LogP) is 1.09. The lowest BCUT2D eigenvalue weighted by molar-refractivity contribution is -0.156. The van der Waals surface area contributed by atoms with E-state index in [1.165, 1.54) is 0 Å². The van der Waals surface area contributed by atoms with E-state index in [1.54, 1.807) is 4.90 Å². The van der Waals surface area contributed by atoms with E-state index in [9.17, 15) is 14.7 Å². The van der Waals surface area contributed by atoms with Crippen LogP contribution < -0.4 is 5.32 Å². The smallest absolute Gasteiger partial charge is 0.326 e. The molecule has 0 spiro atoms. The normalized spacial score (nSPS) is 36.0. The van der Waals surface area contributed by atoms with Gasteiger partial charge in [-0.05, 0) is 44.1 Å². The van der Waals surface area contributed by atoms with Crippen LogP contribution in [0.1, 0.15) is 39.5 Å². The average molecular weight is 268 g/mol. The topological polar surface area (TPSA) is 69.6 Å². The maximum absolute atomic E-state index is 12.6. The van der Waals surface area contributed by atoms with E-state index in [0.717, 1.165) is 32.2 Å². The minimum atomic E-state index is -0.871. The molecule has 2 saturated heterocycles. The first-order valence-electron chi connectivity index (χ1n) is 7.29. The van der Waals surface area contributed by atoms with Crippen LogP contribution in [0.5, 0.6) is 0 Å². The molecular weight excluding hydrogens is 244 g/mol. The summed E-state index contributed by atoms with van der Waals surface area (Å²) in [4.78, 5) is 25.6. The Kier molecular flexibility index (Phi) is 4.45. The number of nitrogens with one attached hydrogen (secondary N) is 1. The van der Waals surface area contributed by atoms with Crippen LogP contribution in [0.15, 0.2) is 0 Å². The van der Waals surface area contributed by atoms with Crippen molar-refractivity contribution in [2.75, 3.05) is 13.1 Å². The number of carboxylic acids is 1. The summed E-state index contributed by atoms with van der Waals surface area (Å²) in [5, 5.41) is 12.6. The van der Waals surface area contributed by atoms with Crippen molar-refractivity contribution in [2.45, 2.75) is 51.6 Å². The molecule has 0 aromatic rings. The van der Waals surface area contributed by atoms with Gasteiger partial charge in [0.15, 0.2) is 0 Å². The van der Waals surface area contributed by atoms with Crippen molar-refractivity contribution < 1.29 is 14.7 Å². The zero-order valence-electron chi connectivity index (χ0n) is 11.8. The SMILES string of the molecule is CC1CCCNC1C(=O)N1CCCC(C)C1C(=O)O.